The lowest BCUT2D eigenvalue weighted by Crippen LogP contribution is -2.54. The van der Waals surface area contributed by atoms with Crippen LogP contribution in [0.25, 0.3) is 4.85 Å². The average molecular weight is 887 g/mol. The first-order chi connectivity index (χ1) is 30.8. The molecule has 4 aromatic rings. The number of ether oxygens (including phenoxy) is 1. The van der Waals surface area contributed by atoms with Crippen molar-refractivity contribution >= 4 is 52.6 Å². The molecule has 64 heavy (non-hydrogen) atoms. The number of nitrogens with one attached hydrogen (secondary N) is 1. The van der Waals surface area contributed by atoms with E-state index < -0.39 is 35.5 Å². The molecule has 6 heterocycles. The molecular formula is C49H52ClFN8O5. The van der Waals surface area contributed by atoms with Crippen molar-refractivity contribution in [2.75, 3.05) is 55.6 Å². The van der Waals surface area contributed by atoms with Crippen LogP contribution in [0.5, 0.6) is 5.75 Å². The van der Waals surface area contributed by atoms with Gasteiger partial charge in [-0.1, -0.05) is 43.6 Å². The number of fused-ring (bicyclic) bond motifs is 1. The van der Waals surface area contributed by atoms with Crippen molar-refractivity contribution < 1.29 is 28.3 Å². The van der Waals surface area contributed by atoms with Gasteiger partial charge in [0.25, 0.3) is 11.8 Å². The van der Waals surface area contributed by atoms with E-state index in [0.717, 1.165) is 111 Å². The van der Waals surface area contributed by atoms with Crippen LogP contribution < -0.4 is 19.9 Å². The first kappa shape index (κ1) is 43.3. The van der Waals surface area contributed by atoms with Gasteiger partial charge in [0.05, 0.1) is 29.1 Å². The van der Waals surface area contributed by atoms with Crippen LogP contribution in [-0.4, -0.2) is 95.3 Å². The van der Waals surface area contributed by atoms with Crippen molar-refractivity contribution in [3.05, 3.63) is 117 Å². The summed E-state index contributed by atoms with van der Waals surface area (Å²) in [5, 5.41) is 2.75. The molecule has 15 heteroatoms. The summed E-state index contributed by atoms with van der Waals surface area (Å²) in [7, 11) is 0. The van der Waals surface area contributed by atoms with Crippen LogP contribution >= 0.6 is 11.6 Å². The van der Waals surface area contributed by atoms with E-state index in [9.17, 15) is 19.2 Å². The second kappa shape index (κ2) is 17.6. The van der Waals surface area contributed by atoms with Crippen molar-refractivity contribution in [3.8, 4) is 5.75 Å². The van der Waals surface area contributed by atoms with Crippen LogP contribution in [0.3, 0.4) is 0 Å². The number of anilines is 2. The van der Waals surface area contributed by atoms with Gasteiger partial charge in [-0.05, 0) is 123 Å². The summed E-state index contributed by atoms with van der Waals surface area (Å²) in [4.78, 5) is 71.5. The number of carbonyl (C=O) groups excluding carboxylic acids is 4. The quantitative estimate of drug-likeness (QED) is 0.125. The molecule has 4 fully saturated rings. The fourth-order valence-corrected chi connectivity index (χ4v) is 10.5. The Morgan fingerprint density at radius 1 is 0.859 bits per heavy atom. The third kappa shape index (κ3) is 8.67. The van der Waals surface area contributed by atoms with Gasteiger partial charge in [-0.15, -0.1) is 0 Å². The Hall–Kier alpha value is -5.91. The second-order valence-corrected chi connectivity index (χ2v) is 19.0. The molecule has 3 aromatic carbocycles. The van der Waals surface area contributed by atoms with E-state index >= 15 is 4.39 Å². The Morgan fingerprint density at radius 2 is 1.55 bits per heavy atom. The van der Waals surface area contributed by atoms with Crippen LogP contribution in [0.15, 0.2) is 66.9 Å². The first-order valence-electron chi connectivity index (χ1n) is 22.3. The molecule has 4 saturated heterocycles. The lowest BCUT2D eigenvalue weighted by Gasteiger charge is -2.47. The van der Waals surface area contributed by atoms with Gasteiger partial charge in [-0.2, -0.15) is 0 Å². The van der Waals surface area contributed by atoms with Gasteiger partial charge in [0.15, 0.2) is 5.69 Å². The highest BCUT2D eigenvalue weighted by Gasteiger charge is 2.46. The summed E-state index contributed by atoms with van der Waals surface area (Å²) < 4.78 is 21.7. The third-order valence-electron chi connectivity index (χ3n) is 14.4. The summed E-state index contributed by atoms with van der Waals surface area (Å²) in [5.41, 5.74) is 3.74. The monoisotopic (exact) mass is 886 g/mol. The van der Waals surface area contributed by atoms with Gasteiger partial charge in [-0.3, -0.25) is 29.4 Å². The molecule has 1 N–H and O–H groups in total. The SMILES string of the molecule is [C-]#[N+]c1cc(Cl)cc(C(C)(C)c2ccc(OCc3ccnc(N4CCC5(CCN(CC6CCN(c7cc8c(cc7F)C(=O)N(C7CCC(=O)NC7=O)C8=O)CC6)CC5)CC4)n3)cc2)c1. The minimum absolute atomic E-state index is 0.0269. The number of hydrogen-bond donors (Lipinski definition) is 1. The first-order valence-corrected chi connectivity index (χ1v) is 22.7. The summed E-state index contributed by atoms with van der Waals surface area (Å²) in [6.07, 6.45) is 8.22. The second-order valence-electron chi connectivity index (χ2n) is 18.6. The zero-order valence-electron chi connectivity index (χ0n) is 36.2. The molecule has 5 aliphatic rings. The van der Waals surface area contributed by atoms with E-state index in [1.54, 1.807) is 6.07 Å². The molecule has 332 valence electrons. The van der Waals surface area contributed by atoms with Gasteiger partial charge in [0, 0.05) is 55.8 Å². The number of imide groups is 2. The number of nitrogens with zero attached hydrogens (tertiary/aromatic N) is 7. The summed E-state index contributed by atoms with van der Waals surface area (Å²) >= 11 is 6.32. The van der Waals surface area contributed by atoms with E-state index in [2.05, 4.69) is 50.9 Å². The Labute approximate surface area is 377 Å². The van der Waals surface area contributed by atoms with Crippen molar-refractivity contribution in [1.29, 1.82) is 0 Å². The molecule has 1 spiro atoms. The molecule has 0 saturated carbocycles. The fraction of sp³-hybridized carbons (Fsp3) is 0.449. The van der Waals surface area contributed by atoms with Crippen molar-refractivity contribution in [2.24, 2.45) is 11.3 Å². The topological polar surface area (TPSA) is 133 Å². The smallest absolute Gasteiger partial charge is 0.262 e. The molecule has 9 rings (SSSR count). The minimum Gasteiger partial charge on any atom is -0.487 e. The van der Waals surface area contributed by atoms with E-state index in [1.807, 2.05) is 41.4 Å². The van der Waals surface area contributed by atoms with Gasteiger partial charge in [0.1, 0.15) is 24.2 Å². The molecule has 0 radical (unpaired) electrons. The number of carbonyl (C=O) groups is 4. The van der Waals surface area contributed by atoms with E-state index in [1.165, 1.54) is 6.07 Å². The largest absolute Gasteiger partial charge is 0.487 e. The normalized spacial score (nSPS) is 20.7. The van der Waals surface area contributed by atoms with Crippen molar-refractivity contribution in [1.82, 2.24) is 25.1 Å². The molecule has 1 unspecified atom stereocenters. The minimum atomic E-state index is -1.09. The average Bonchev–Trinajstić information content (AvgIpc) is 3.53. The fourth-order valence-electron chi connectivity index (χ4n) is 10.2. The Kier molecular flexibility index (Phi) is 11.9. The molecule has 4 amide bonds. The van der Waals surface area contributed by atoms with Gasteiger partial charge < -0.3 is 19.4 Å². The summed E-state index contributed by atoms with van der Waals surface area (Å²) in [6.45, 7) is 18.2. The molecular weight excluding hydrogens is 835 g/mol. The molecule has 5 aliphatic heterocycles. The van der Waals surface area contributed by atoms with Gasteiger partial charge in [0.2, 0.25) is 17.8 Å². The number of benzene rings is 3. The number of amides is 4. The highest BCUT2D eigenvalue weighted by atomic mass is 35.5. The van der Waals surface area contributed by atoms with Crippen LogP contribution in [0.4, 0.5) is 21.7 Å². The maximum absolute atomic E-state index is 15.5. The molecule has 0 aliphatic carbocycles. The number of aromatic nitrogens is 2. The van der Waals surface area contributed by atoms with Gasteiger partial charge in [-0.25, -0.2) is 19.2 Å². The molecule has 1 aromatic heterocycles. The summed E-state index contributed by atoms with van der Waals surface area (Å²) in [5.74, 6) is -1.05. The Bertz CT molecular complexity index is 2520. The lowest BCUT2D eigenvalue weighted by molar-refractivity contribution is -0.136. The molecule has 0 bridgehead atoms. The number of piperidine rings is 4. The van der Waals surface area contributed by atoms with E-state index in [4.69, 9.17) is 27.9 Å². The standard InChI is InChI=1S/C49H52ClFN8O5/c1-48(2,33-24-34(50)26-36(25-33)52-3)32-4-6-37(7-5-32)64-30-35-10-17-53-47(54-35)58-22-15-49(16-23-58)13-20-56(21-14-49)29-31-11-18-57(19-12-31)42-28-39-38(27-40(42)51)45(62)59(46(39)63)41-8-9-43(60)55-44(41)61/h4-7,10,17,24-28,31,41H,8-9,11-16,18-23,29-30H2,1-2H3,(H,55,60,61). The maximum Gasteiger partial charge on any atom is 0.262 e. The van der Waals surface area contributed by atoms with E-state index in [-0.39, 0.29) is 29.4 Å². The Balaban J connectivity index is 0.722. The summed E-state index contributed by atoms with van der Waals surface area (Å²) in [6, 6.07) is 16.9. The zero-order valence-corrected chi connectivity index (χ0v) is 37.0. The number of likely N-dealkylation sites (tertiary alicyclic amines) is 1. The highest BCUT2D eigenvalue weighted by Crippen LogP contribution is 2.43. The van der Waals surface area contributed by atoms with Crippen molar-refractivity contribution in [2.45, 2.75) is 83.3 Å². The maximum atomic E-state index is 15.5. The number of halogens is 2. The Morgan fingerprint density at radius 3 is 2.23 bits per heavy atom. The lowest BCUT2D eigenvalue weighted by atomic mass is 9.71. The predicted octanol–water partition coefficient (Wildman–Crippen LogP) is 7.72. The number of hydrogen-bond acceptors (Lipinski definition) is 10. The number of rotatable bonds is 10. The van der Waals surface area contributed by atoms with Crippen LogP contribution in [0.2, 0.25) is 5.02 Å². The van der Waals surface area contributed by atoms with Crippen molar-refractivity contribution in [3.63, 3.8) is 0 Å². The van der Waals surface area contributed by atoms with Gasteiger partial charge >= 0.3 is 0 Å². The zero-order chi connectivity index (χ0) is 44.8. The molecule has 1 atom stereocenters. The third-order valence-corrected chi connectivity index (χ3v) is 14.6. The highest BCUT2D eigenvalue weighted by molar-refractivity contribution is 6.31. The van der Waals surface area contributed by atoms with Crippen LogP contribution in [0, 0.1) is 23.7 Å². The van der Waals surface area contributed by atoms with Crippen LogP contribution in [0.1, 0.15) is 103 Å². The predicted molar refractivity (Wildman–Crippen MR) is 240 cm³/mol. The molecule has 13 nitrogen and oxygen atoms in total. The van der Waals surface area contributed by atoms with E-state index in [0.29, 0.717) is 47.4 Å². The van der Waals surface area contributed by atoms with Crippen LogP contribution in [-0.2, 0) is 21.6 Å².